The van der Waals surface area contributed by atoms with Crippen LogP contribution in [0.1, 0.15) is 47.4 Å². The predicted molar refractivity (Wildman–Crippen MR) is 154 cm³/mol. The molecule has 2 atom stereocenters. The molecule has 0 saturated carbocycles. The van der Waals surface area contributed by atoms with Gasteiger partial charge in [-0.25, -0.2) is 9.50 Å². The van der Waals surface area contributed by atoms with E-state index in [1.54, 1.807) is 23.0 Å². The fourth-order valence-electron chi connectivity index (χ4n) is 5.40. The van der Waals surface area contributed by atoms with Crippen molar-refractivity contribution in [2.24, 2.45) is 0 Å². The maximum Gasteiger partial charge on any atom is 0.263 e. The number of ether oxygens (including phenoxy) is 1. The van der Waals surface area contributed by atoms with Crippen LogP contribution in [-0.4, -0.2) is 44.3 Å². The third-order valence-corrected chi connectivity index (χ3v) is 7.33. The molecule has 0 aliphatic carbocycles. The number of rotatable bonds is 8. The van der Waals surface area contributed by atoms with Crippen molar-refractivity contribution in [3.05, 3.63) is 100 Å². The van der Waals surface area contributed by atoms with E-state index in [0.717, 1.165) is 36.9 Å². The highest BCUT2D eigenvalue weighted by atomic mass is 16.5. The molecule has 0 bridgehead atoms. The lowest BCUT2D eigenvalue weighted by molar-refractivity contribution is 0.0941. The highest BCUT2D eigenvalue weighted by Gasteiger charge is 2.24. The molecule has 4 heterocycles. The summed E-state index contributed by atoms with van der Waals surface area (Å²) >= 11 is 0. The Morgan fingerprint density at radius 3 is 2.83 bits per heavy atom. The number of nitrogens with zero attached hydrogens (tertiary/aromatic N) is 4. The molecule has 1 aliphatic rings. The van der Waals surface area contributed by atoms with E-state index in [9.17, 15) is 9.59 Å². The van der Waals surface area contributed by atoms with Crippen molar-refractivity contribution in [3.63, 3.8) is 0 Å². The zero-order valence-electron chi connectivity index (χ0n) is 22.2. The minimum Gasteiger partial charge on any atom is -0.381 e. The minimum absolute atomic E-state index is 0.0857. The van der Waals surface area contributed by atoms with Crippen LogP contribution in [0.25, 0.3) is 22.1 Å². The van der Waals surface area contributed by atoms with Gasteiger partial charge in [-0.05, 0) is 55.0 Å². The van der Waals surface area contributed by atoms with Gasteiger partial charge in [0.25, 0.3) is 11.5 Å². The first-order chi connectivity index (χ1) is 19.5. The Morgan fingerprint density at radius 2 is 2.02 bits per heavy atom. The minimum atomic E-state index is -0.538. The van der Waals surface area contributed by atoms with Crippen LogP contribution in [0.5, 0.6) is 0 Å². The number of pyridine rings is 1. The maximum atomic E-state index is 14.2. The van der Waals surface area contributed by atoms with Crippen LogP contribution in [0.3, 0.4) is 0 Å². The van der Waals surface area contributed by atoms with Crippen molar-refractivity contribution in [1.29, 1.82) is 0 Å². The highest BCUT2D eigenvalue weighted by molar-refractivity contribution is 6.04. The zero-order valence-corrected chi connectivity index (χ0v) is 22.2. The van der Waals surface area contributed by atoms with Crippen LogP contribution in [0.2, 0.25) is 0 Å². The summed E-state index contributed by atoms with van der Waals surface area (Å²) in [7, 11) is 0. The molecule has 10 nitrogen and oxygen atoms in total. The van der Waals surface area contributed by atoms with Crippen LogP contribution in [0, 0.1) is 0 Å². The lowest BCUT2D eigenvalue weighted by Crippen LogP contribution is -2.33. The normalized spacial score (nSPS) is 16.0. The van der Waals surface area contributed by atoms with Gasteiger partial charge < -0.3 is 21.1 Å². The number of carbonyl (C=O) groups is 1. The fraction of sp³-hybridized carbons (Fsp3) is 0.267. The Morgan fingerprint density at radius 1 is 1.18 bits per heavy atom. The summed E-state index contributed by atoms with van der Waals surface area (Å²) in [5, 5.41) is 12.1. The topological polar surface area (TPSA) is 129 Å². The summed E-state index contributed by atoms with van der Waals surface area (Å²) in [6.45, 7) is 3.94. The molecule has 6 rings (SSSR count). The van der Waals surface area contributed by atoms with Crippen molar-refractivity contribution in [2.45, 2.75) is 38.5 Å². The molecule has 40 heavy (non-hydrogen) atoms. The maximum absolute atomic E-state index is 14.2. The Kier molecular flexibility index (Phi) is 7.02. The first kappa shape index (κ1) is 25.7. The number of hydrogen-bond acceptors (Lipinski definition) is 7. The largest absolute Gasteiger partial charge is 0.381 e. The molecule has 10 heteroatoms. The molecule has 1 aliphatic heterocycles. The molecule has 1 amide bonds. The summed E-state index contributed by atoms with van der Waals surface area (Å²) in [4.78, 5) is 31.9. The monoisotopic (exact) mass is 537 g/mol. The molecule has 1 fully saturated rings. The number of para-hydroxylation sites is 1. The Bertz CT molecular complexity index is 1740. The number of benzene rings is 2. The van der Waals surface area contributed by atoms with Crippen LogP contribution in [0.15, 0.2) is 77.9 Å². The average molecular weight is 538 g/mol. The third-order valence-electron chi connectivity index (χ3n) is 7.33. The third kappa shape index (κ3) is 4.83. The van der Waals surface area contributed by atoms with Crippen molar-refractivity contribution in [2.75, 3.05) is 18.9 Å². The molecule has 204 valence electrons. The van der Waals surface area contributed by atoms with E-state index < -0.39 is 11.9 Å². The van der Waals surface area contributed by atoms with Gasteiger partial charge in [0.1, 0.15) is 5.56 Å². The smallest absolute Gasteiger partial charge is 0.263 e. The summed E-state index contributed by atoms with van der Waals surface area (Å²) in [6.07, 6.45) is 5.61. The van der Waals surface area contributed by atoms with E-state index in [-0.39, 0.29) is 23.0 Å². The summed E-state index contributed by atoms with van der Waals surface area (Å²) < 4.78 is 8.88. The van der Waals surface area contributed by atoms with E-state index in [1.807, 2.05) is 61.5 Å². The van der Waals surface area contributed by atoms with E-state index in [2.05, 4.69) is 20.7 Å². The van der Waals surface area contributed by atoms with Gasteiger partial charge in [0.2, 0.25) is 0 Å². The van der Waals surface area contributed by atoms with Crippen LogP contribution < -0.4 is 21.9 Å². The highest BCUT2D eigenvalue weighted by Crippen LogP contribution is 2.25. The number of carbonyl (C=O) groups excluding carboxylic acids is 1. The van der Waals surface area contributed by atoms with Gasteiger partial charge >= 0.3 is 0 Å². The SMILES string of the molecule is C[C@H](NC(=O)c1c(N)nn2cccnc12)c1cc2cccc(CNC[C@H]3CCCO3)c2c(=O)n1-c1ccccc1. The summed E-state index contributed by atoms with van der Waals surface area (Å²) in [6, 6.07) is 18.5. The second-order valence-electron chi connectivity index (χ2n) is 10.0. The standard InChI is InChI=1S/C30H31N7O3/c1-19(34-29(38)26-27(31)35-36-14-7-13-33-28(26)36)24-16-20-8-5-9-21(17-32-18-23-12-6-15-40-23)25(20)30(39)37(24)22-10-3-2-4-11-22/h2-5,7-11,13-14,16,19,23,32H,6,12,15,17-18H2,1H3,(H2,31,35)(H,34,38)/t19-,23+/m0/s1. The lowest BCUT2D eigenvalue weighted by atomic mass is 10.0. The number of anilines is 1. The average Bonchev–Trinajstić information content (AvgIpc) is 3.60. The Balaban J connectivity index is 1.38. The molecule has 0 unspecified atom stereocenters. The number of hydrogen-bond donors (Lipinski definition) is 3. The first-order valence-corrected chi connectivity index (χ1v) is 13.5. The number of nitrogens with one attached hydrogen (secondary N) is 2. The quantitative estimate of drug-likeness (QED) is 0.277. The van der Waals surface area contributed by atoms with Crippen LogP contribution in [-0.2, 0) is 11.3 Å². The van der Waals surface area contributed by atoms with Crippen LogP contribution >= 0.6 is 0 Å². The van der Waals surface area contributed by atoms with E-state index in [0.29, 0.717) is 29.0 Å². The van der Waals surface area contributed by atoms with Gasteiger partial charge in [-0.3, -0.25) is 14.2 Å². The fourth-order valence-corrected chi connectivity index (χ4v) is 5.40. The van der Waals surface area contributed by atoms with Crippen molar-refractivity contribution >= 4 is 28.1 Å². The molecular formula is C30H31N7O3. The molecule has 4 N–H and O–H groups in total. The van der Waals surface area contributed by atoms with Crippen molar-refractivity contribution in [1.82, 2.24) is 29.8 Å². The molecule has 3 aromatic heterocycles. The number of amides is 1. The van der Waals surface area contributed by atoms with Gasteiger partial charge in [0, 0.05) is 43.5 Å². The lowest BCUT2D eigenvalue weighted by Gasteiger charge is -2.22. The second kappa shape index (κ2) is 10.9. The summed E-state index contributed by atoms with van der Waals surface area (Å²) in [5.74, 6) is -0.333. The van der Waals surface area contributed by atoms with Crippen molar-refractivity contribution in [3.8, 4) is 5.69 Å². The summed E-state index contributed by atoms with van der Waals surface area (Å²) in [5.41, 5.74) is 8.77. The molecule has 0 radical (unpaired) electrons. The van der Waals surface area contributed by atoms with E-state index >= 15 is 0 Å². The van der Waals surface area contributed by atoms with Gasteiger partial charge in [0.15, 0.2) is 11.5 Å². The second-order valence-corrected chi connectivity index (χ2v) is 10.0. The molecular weight excluding hydrogens is 506 g/mol. The number of aromatic nitrogens is 4. The Labute approximate surface area is 230 Å². The van der Waals surface area contributed by atoms with Crippen molar-refractivity contribution < 1.29 is 9.53 Å². The number of fused-ring (bicyclic) bond motifs is 2. The van der Waals surface area contributed by atoms with Gasteiger partial charge in [-0.15, -0.1) is 5.10 Å². The molecule has 1 saturated heterocycles. The van der Waals surface area contributed by atoms with Crippen LogP contribution in [0.4, 0.5) is 5.82 Å². The zero-order chi connectivity index (χ0) is 27.6. The van der Waals surface area contributed by atoms with E-state index in [4.69, 9.17) is 10.5 Å². The predicted octanol–water partition coefficient (Wildman–Crippen LogP) is 3.38. The molecule has 2 aromatic carbocycles. The van der Waals surface area contributed by atoms with Gasteiger partial charge in [-0.2, -0.15) is 0 Å². The first-order valence-electron chi connectivity index (χ1n) is 13.5. The van der Waals surface area contributed by atoms with Gasteiger partial charge in [-0.1, -0.05) is 36.4 Å². The Hall–Kier alpha value is -4.54. The van der Waals surface area contributed by atoms with Gasteiger partial charge in [0.05, 0.1) is 17.5 Å². The molecule has 0 spiro atoms. The molecule has 5 aromatic rings. The number of nitrogen functional groups attached to an aromatic ring is 1. The number of nitrogens with two attached hydrogens (primary N) is 1. The van der Waals surface area contributed by atoms with E-state index in [1.165, 1.54) is 4.52 Å².